The number of hydrogen-bond donors (Lipinski definition) is 7. The summed E-state index contributed by atoms with van der Waals surface area (Å²) in [6.45, 7) is 23.7. The van der Waals surface area contributed by atoms with Gasteiger partial charge in [0.25, 0.3) is 0 Å². The van der Waals surface area contributed by atoms with Gasteiger partial charge in [0.1, 0.15) is 22.5 Å². The van der Waals surface area contributed by atoms with Gasteiger partial charge in [0.05, 0.1) is 49.2 Å². The Morgan fingerprint density at radius 3 is 1.29 bits per heavy atom. The average molecular weight is 1510 g/mol. The minimum atomic E-state index is -0.782. The number of hydrogen-bond acceptors (Lipinski definition) is 13. The Morgan fingerprint density at radius 1 is 0.582 bits per heavy atom. The number of carbonyl (C=O) groups is 5. The number of carboxylic acid groups (broad SMARTS) is 1. The normalized spacial score (nSPS) is 20.7. The lowest BCUT2D eigenvalue weighted by Gasteiger charge is -2.08. The number of anilines is 1. The number of aliphatic hydroxyl groups is 2. The summed E-state index contributed by atoms with van der Waals surface area (Å²) >= 11 is 66.5. The first kappa shape index (κ1) is 89.8. The van der Waals surface area contributed by atoms with Gasteiger partial charge in [0.2, 0.25) is 17.9 Å². The van der Waals surface area contributed by atoms with E-state index in [0.717, 1.165) is 0 Å². The molecule has 0 heterocycles. The van der Waals surface area contributed by atoms with Crippen LogP contribution in [0, 0.1) is 69.0 Å². The molecule has 8 atom stereocenters. The maximum absolute atomic E-state index is 12.2. The summed E-state index contributed by atoms with van der Waals surface area (Å²) in [4.78, 5) is 70.9. The van der Waals surface area contributed by atoms with Gasteiger partial charge in [-0.1, -0.05) is 206 Å². The van der Waals surface area contributed by atoms with E-state index < -0.39 is 12.1 Å². The molecule has 4 saturated carbocycles. The van der Waals surface area contributed by atoms with E-state index in [2.05, 4.69) is 20.9 Å². The standard InChI is InChI=1S/C18H21Cl3N2O3.C11H17Cl2NO2.C10H14Cl2O2.C8H10Cl2O2.C7H4ClNO.C6H8Cl2.C2H7NO.H2O/c1-18(2)13(10-14(20)21)15(18)16(24)22-8-3-9-26-17(25)23-12-6-4-11(19)5-7-12;1-11(2)7(6-8(12)13)9(11)10(16)14-4-3-5-15;1-4-14-9(13)8-6(5-7(11)12)10(8,2)3;1-8(2)4(3-5(9)10)6(8)7(11)12;8-6-1-3-7(4-2-6)9-5-10;1-5(2)3-4-6(7)8;3-1-2-4;/h4-7,10,13,15H,3,8-9H2,1-2H3,(H,22,24)(H,23,25);6-7,9,15H,3-5H2,1-2H3,(H,14,16);5-6,8H,4H2,1-3H3;3-4,6H,1-2H3,(H,11,12);1-4H;3-4H,1-2H3;4H,1-3H2;1H2/p-1. The van der Waals surface area contributed by atoms with Crippen molar-refractivity contribution in [2.45, 2.75) is 89.0 Å². The quantitative estimate of drug-likeness (QED) is 0.0214. The Bertz CT molecular complexity index is 2840. The topological polar surface area (TPSA) is 286 Å². The van der Waals surface area contributed by atoms with E-state index in [9.17, 15) is 28.8 Å². The van der Waals surface area contributed by atoms with Crippen LogP contribution < -0.4 is 21.7 Å². The minimum Gasteiger partial charge on any atom is -0.870 e. The first-order valence-electron chi connectivity index (χ1n) is 27.9. The van der Waals surface area contributed by atoms with Crippen molar-refractivity contribution in [1.82, 2.24) is 10.6 Å². The number of carbonyl (C=O) groups excluding carboxylic acids is 5. The lowest BCUT2D eigenvalue weighted by molar-refractivity contribution is -0.145. The Kier molecular flexibility index (Phi) is 43.9. The Balaban J connectivity index is 0. The SMILES string of the molecule is CC(C)=CC=C(Cl)Cl.CC1(C)C(C=C(Cl)Cl)C1C(=O)NCCCO.CC1(C)C(C=C(Cl)Cl)C1C(=O)NCCCOC(=O)Nc1ccc(Cl)cc1.CC1(C)C(C=C(Cl)Cl)C1C(=O)O.CCOC(=O)C1C(C=C(Cl)Cl)C1(C)C.NCCO.O=C=Nc1ccc(Cl)cc1.[OH-]. The summed E-state index contributed by atoms with van der Waals surface area (Å²) in [7, 11) is 0. The molecule has 3 amide bonds. The summed E-state index contributed by atoms with van der Waals surface area (Å²) in [6, 6.07) is 13.3. The molecule has 0 aromatic heterocycles. The molecule has 8 unspecified atom stereocenters. The summed E-state index contributed by atoms with van der Waals surface area (Å²) < 4.78 is 11.1. The fraction of sp³-hybridized carbons (Fsp3) is 0.516. The second-order valence-corrected chi connectivity index (χ2v) is 28.8. The smallest absolute Gasteiger partial charge is 0.411 e. The van der Waals surface area contributed by atoms with Crippen LogP contribution in [0.4, 0.5) is 16.2 Å². The molecule has 91 heavy (non-hydrogen) atoms. The molecule has 0 aliphatic heterocycles. The summed E-state index contributed by atoms with van der Waals surface area (Å²) in [5, 5.41) is 34.6. The second-order valence-electron chi connectivity index (χ2n) is 22.9. The molecule has 2 aromatic rings. The molecule has 0 bridgehead atoms. The summed E-state index contributed by atoms with van der Waals surface area (Å²) in [5.74, 6) is -1.43. The van der Waals surface area contributed by atoms with E-state index in [1.165, 1.54) is 11.7 Å². The van der Waals surface area contributed by atoms with Crippen molar-refractivity contribution in [3.63, 3.8) is 0 Å². The molecule has 4 aliphatic carbocycles. The van der Waals surface area contributed by atoms with Crippen LogP contribution in [0.1, 0.15) is 89.0 Å². The van der Waals surface area contributed by atoms with Gasteiger partial charge in [-0.05, 0) is 158 Å². The van der Waals surface area contributed by atoms with Crippen molar-refractivity contribution in [2.24, 2.45) is 79.7 Å². The number of nitrogens with one attached hydrogen (secondary N) is 3. The number of nitrogens with zero attached hydrogens (tertiary/aromatic N) is 1. The third-order valence-electron chi connectivity index (χ3n) is 14.5. The maximum Gasteiger partial charge on any atom is 0.411 e. The first-order chi connectivity index (χ1) is 41.8. The van der Waals surface area contributed by atoms with Crippen LogP contribution >= 0.6 is 139 Å². The summed E-state index contributed by atoms with van der Waals surface area (Å²) in [5.41, 5.74) is 6.60. The van der Waals surface area contributed by atoms with Crippen LogP contribution in [0.5, 0.6) is 0 Å². The van der Waals surface area contributed by atoms with Gasteiger partial charge in [0, 0.05) is 42.0 Å². The van der Waals surface area contributed by atoms with Gasteiger partial charge in [-0.15, -0.1) is 0 Å². The van der Waals surface area contributed by atoms with Crippen molar-refractivity contribution in [2.75, 3.05) is 51.4 Å². The van der Waals surface area contributed by atoms with E-state index in [4.69, 9.17) is 170 Å². The lowest BCUT2D eigenvalue weighted by Crippen LogP contribution is -2.28. The van der Waals surface area contributed by atoms with E-state index in [-0.39, 0.29) is 130 Å². The third kappa shape index (κ3) is 34.8. The Morgan fingerprint density at radius 2 is 0.956 bits per heavy atom. The molecule has 29 heteroatoms. The zero-order chi connectivity index (χ0) is 69.5. The number of amides is 3. The van der Waals surface area contributed by atoms with Crippen molar-refractivity contribution < 1.29 is 59.0 Å². The molecular formula is C62H82Cl12N5O12-. The van der Waals surface area contributed by atoms with Gasteiger partial charge >= 0.3 is 18.0 Å². The number of halogens is 12. The molecule has 2 aromatic carbocycles. The number of aliphatic carboxylic acids is 1. The number of nitrogens with two attached hydrogens (primary N) is 1. The number of esters is 1. The molecule has 4 fully saturated rings. The molecule has 9 N–H and O–H groups in total. The number of aliphatic hydroxyl groups excluding tert-OH is 2. The predicted octanol–water partition coefficient (Wildman–Crippen LogP) is 17.2. The number of ether oxygens (including phenoxy) is 2. The van der Waals surface area contributed by atoms with Gasteiger partial charge in [-0.3, -0.25) is 24.5 Å². The van der Waals surface area contributed by atoms with Crippen LogP contribution in [0.25, 0.3) is 0 Å². The highest BCUT2D eigenvalue weighted by molar-refractivity contribution is 6.57. The van der Waals surface area contributed by atoms with Gasteiger partial charge in [-0.25, -0.2) is 9.59 Å². The fourth-order valence-electron chi connectivity index (χ4n) is 9.10. The lowest BCUT2D eigenvalue weighted by atomic mass is 10.1. The number of aliphatic imine (C=N–C) groups is 1. The molecular weight excluding hydrogens is 1430 g/mol. The molecule has 17 nitrogen and oxygen atoms in total. The Hall–Kier alpha value is -3.27. The monoisotopic (exact) mass is 1510 g/mol. The van der Waals surface area contributed by atoms with E-state index in [0.29, 0.717) is 65.0 Å². The highest BCUT2D eigenvalue weighted by Crippen LogP contribution is 2.62. The third-order valence-corrected chi connectivity index (χ3v) is 16.3. The first-order valence-corrected chi connectivity index (χ1v) is 32.5. The minimum absolute atomic E-state index is 0. The van der Waals surface area contributed by atoms with Crippen LogP contribution in [0.3, 0.4) is 0 Å². The molecule has 0 saturated heterocycles. The molecule has 6 rings (SSSR count). The van der Waals surface area contributed by atoms with Crippen molar-refractivity contribution in [3.8, 4) is 0 Å². The van der Waals surface area contributed by atoms with Crippen molar-refractivity contribution in [3.05, 3.63) is 123 Å². The fourth-order valence-corrected chi connectivity index (χ4v) is 10.6. The van der Waals surface area contributed by atoms with Crippen LogP contribution in [0.15, 0.2) is 118 Å². The van der Waals surface area contributed by atoms with Gasteiger partial charge < -0.3 is 46.6 Å². The average Bonchev–Trinajstić information content (AvgIpc) is 1.61. The van der Waals surface area contributed by atoms with E-state index in [1.54, 1.807) is 85.8 Å². The molecule has 0 radical (unpaired) electrons. The van der Waals surface area contributed by atoms with Crippen LogP contribution in [-0.2, 0) is 33.4 Å². The number of carboxylic acids is 1. The number of allylic oxidation sites excluding steroid dienone is 7. The van der Waals surface area contributed by atoms with Crippen molar-refractivity contribution in [1.29, 1.82) is 0 Å². The highest BCUT2D eigenvalue weighted by Gasteiger charge is 2.63. The zero-order valence-electron chi connectivity index (χ0n) is 52.2. The number of isocyanates is 1. The van der Waals surface area contributed by atoms with E-state index in [1.807, 2.05) is 75.3 Å². The van der Waals surface area contributed by atoms with E-state index >= 15 is 0 Å². The highest BCUT2D eigenvalue weighted by atomic mass is 35.5. The largest absolute Gasteiger partial charge is 0.870 e. The molecule has 0 spiro atoms. The number of rotatable bonds is 20. The van der Waals surface area contributed by atoms with Crippen LogP contribution in [0.2, 0.25) is 10.0 Å². The summed E-state index contributed by atoms with van der Waals surface area (Å²) in [6.07, 6.45) is 12.2. The van der Waals surface area contributed by atoms with Gasteiger partial charge in [-0.2, -0.15) is 4.99 Å². The maximum atomic E-state index is 12.2. The van der Waals surface area contributed by atoms with Gasteiger partial charge in [0.15, 0.2) is 0 Å². The predicted molar refractivity (Wildman–Crippen MR) is 372 cm³/mol. The zero-order valence-corrected chi connectivity index (χ0v) is 61.3. The second kappa shape index (κ2) is 44.5. The van der Waals surface area contributed by atoms with Crippen LogP contribution in [-0.4, -0.2) is 103 Å². The number of benzene rings is 2. The molecule has 4 aliphatic rings. The molecule has 512 valence electrons. The Labute approximate surface area is 594 Å². The van der Waals surface area contributed by atoms with Crippen molar-refractivity contribution >= 4 is 187 Å².